The van der Waals surface area contributed by atoms with Crippen molar-refractivity contribution in [1.29, 1.82) is 0 Å². The standard InChI is InChI=1S/C16H25N5O2/c1-9-5-11(14-17-8-18-21(9)14)19-13-10-6-12(13)20(7-10)15(22)23-16(2,3)4/h8-13,19H,5-7H2,1-4H3. The minimum Gasteiger partial charge on any atom is -0.444 e. The second kappa shape index (κ2) is 4.93. The van der Waals surface area contributed by atoms with E-state index in [2.05, 4.69) is 22.3 Å². The molecule has 23 heavy (non-hydrogen) atoms. The molecule has 4 heterocycles. The number of rotatable bonds is 2. The summed E-state index contributed by atoms with van der Waals surface area (Å²) in [6.45, 7) is 8.70. The topological polar surface area (TPSA) is 72.3 Å². The third-order valence-electron chi connectivity index (χ3n) is 5.23. The molecule has 1 aromatic heterocycles. The van der Waals surface area contributed by atoms with Gasteiger partial charge in [0, 0.05) is 12.6 Å². The van der Waals surface area contributed by atoms with Crippen LogP contribution in [0.4, 0.5) is 4.79 Å². The van der Waals surface area contributed by atoms with Crippen LogP contribution in [0.25, 0.3) is 0 Å². The summed E-state index contributed by atoms with van der Waals surface area (Å²) in [5.74, 6) is 1.55. The van der Waals surface area contributed by atoms with Gasteiger partial charge >= 0.3 is 6.09 Å². The average molecular weight is 319 g/mol. The lowest BCUT2D eigenvalue weighted by Crippen LogP contribution is -2.54. The largest absolute Gasteiger partial charge is 0.444 e. The van der Waals surface area contributed by atoms with Crippen molar-refractivity contribution in [3.05, 3.63) is 12.2 Å². The Morgan fingerprint density at radius 2 is 2.17 bits per heavy atom. The van der Waals surface area contributed by atoms with Crippen LogP contribution in [0.3, 0.4) is 0 Å². The maximum Gasteiger partial charge on any atom is 0.410 e. The van der Waals surface area contributed by atoms with Gasteiger partial charge in [0.2, 0.25) is 0 Å². The van der Waals surface area contributed by atoms with Crippen LogP contribution in [0.2, 0.25) is 0 Å². The first-order chi connectivity index (χ1) is 10.8. The highest BCUT2D eigenvalue weighted by Crippen LogP contribution is 2.44. The molecule has 5 rings (SSSR count). The van der Waals surface area contributed by atoms with Crippen molar-refractivity contribution in [1.82, 2.24) is 25.0 Å². The molecular formula is C16H25N5O2. The van der Waals surface area contributed by atoms with E-state index in [1.807, 2.05) is 30.4 Å². The Bertz CT molecular complexity index is 622. The zero-order valence-electron chi connectivity index (χ0n) is 14.2. The molecule has 7 nitrogen and oxygen atoms in total. The van der Waals surface area contributed by atoms with Gasteiger partial charge in [0.05, 0.1) is 18.1 Å². The van der Waals surface area contributed by atoms with Crippen LogP contribution in [-0.2, 0) is 4.74 Å². The predicted octanol–water partition coefficient (Wildman–Crippen LogP) is 1.88. The summed E-state index contributed by atoms with van der Waals surface area (Å²) in [5, 5.41) is 8.02. The molecule has 5 unspecified atom stereocenters. The molecule has 0 aromatic carbocycles. The molecule has 4 aliphatic rings. The van der Waals surface area contributed by atoms with Crippen LogP contribution in [-0.4, -0.2) is 50.0 Å². The second-order valence-corrected chi connectivity index (χ2v) is 8.09. The Morgan fingerprint density at radius 1 is 1.39 bits per heavy atom. The summed E-state index contributed by atoms with van der Waals surface area (Å²) < 4.78 is 7.53. The molecule has 1 amide bonds. The fourth-order valence-corrected chi connectivity index (χ4v) is 4.17. The van der Waals surface area contributed by atoms with E-state index in [0.717, 1.165) is 25.2 Å². The Labute approximate surface area is 136 Å². The van der Waals surface area contributed by atoms with Crippen LogP contribution in [0.5, 0.6) is 0 Å². The van der Waals surface area contributed by atoms with E-state index in [9.17, 15) is 4.79 Å². The van der Waals surface area contributed by atoms with E-state index < -0.39 is 5.60 Å². The predicted molar refractivity (Wildman–Crippen MR) is 83.8 cm³/mol. The Kier molecular flexibility index (Phi) is 3.20. The first-order valence-corrected chi connectivity index (χ1v) is 8.48. The van der Waals surface area contributed by atoms with Crippen molar-refractivity contribution in [2.24, 2.45) is 5.92 Å². The van der Waals surface area contributed by atoms with E-state index in [1.54, 1.807) is 6.33 Å². The number of aromatic nitrogens is 3. The SMILES string of the molecule is CC1CC(NC2C3CC2N(C(=O)OC(C)(C)C)C3)c2ncnn21. The summed E-state index contributed by atoms with van der Waals surface area (Å²) in [4.78, 5) is 18.6. The van der Waals surface area contributed by atoms with Gasteiger partial charge in [-0.2, -0.15) is 5.10 Å². The lowest BCUT2D eigenvalue weighted by Gasteiger charge is -2.38. The smallest absolute Gasteiger partial charge is 0.410 e. The van der Waals surface area contributed by atoms with Gasteiger partial charge < -0.3 is 15.0 Å². The summed E-state index contributed by atoms with van der Waals surface area (Å²) in [5.41, 5.74) is -0.440. The number of carbonyl (C=O) groups excluding carboxylic acids is 1. The average Bonchev–Trinajstić information content (AvgIpc) is 3.15. The molecule has 7 heteroatoms. The molecule has 1 aliphatic carbocycles. The number of nitrogens with one attached hydrogen (secondary N) is 1. The first-order valence-electron chi connectivity index (χ1n) is 8.48. The summed E-state index contributed by atoms with van der Waals surface area (Å²) >= 11 is 0. The van der Waals surface area contributed by atoms with Crippen LogP contribution in [0.1, 0.15) is 58.4 Å². The molecule has 0 spiro atoms. The molecule has 1 aromatic rings. The summed E-state index contributed by atoms with van der Waals surface area (Å²) in [7, 11) is 0. The quantitative estimate of drug-likeness (QED) is 0.901. The van der Waals surface area contributed by atoms with Gasteiger partial charge in [-0.05, 0) is 46.5 Å². The second-order valence-electron chi connectivity index (χ2n) is 8.09. The molecule has 0 radical (unpaired) electrons. The minimum absolute atomic E-state index is 0.183. The maximum atomic E-state index is 12.3. The highest BCUT2D eigenvalue weighted by molar-refractivity contribution is 5.70. The van der Waals surface area contributed by atoms with E-state index in [1.165, 1.54) is 0 Å². The fourth-order valence-electron chi connectivity index (χ4n) is 4.17. The van der Waals surface area contributed by atoms with Crippen molar-refractivity contribution < 1.29 is 9.53 Å². The van der Waals surface area contributed by atoms with Gasteiger partial charge in [-0.3, -0.25) is 0 Å². The molecule has 2 saturated heterocycles. The van der Waals surface area contributed by atoms with Crippen LogP contribution in [0.15, 0.2) is 6.33 Å². The van der Waals surface area contributed by atoms with Crippen LogP contribution in [0, 0.1) is 5.92 Å². The molecule has 5 atom stereocenters. The van der Waals surface area contributed by atoms with Gasteiger partial charge in [0.25, 0.3) is 0 Å². The summed E-state index contributed by atoms with van der Waals surface area (Å²) in [6, 6.07) is 1.22. The van der Waals surface area contributed by atoms with Crippen molar-refractivity contribution in [2.75, 3.05) is 6.54 Å². The molecular weight excluding hydrogens is 294 g/mol. The highest BCUT2D eigenvalue weighted by atomic mass is 16.6. The molecule has 2 bridgehead atoms. The third kappa shape index (κ3) is 2.41. The number of hydrogen-bond donors (Lipinski definition) is 1. The van der Waals surface area contributed by atoms with E-state index in [4.69, 9.17) is 4.74 Å². The third-order valence-corrected chi connectivity index (χ3v) is 5.23. The molecule has 1 N–H and O–H groups in total. The van der Waals surface area contributed by atoms with Crippen molar-refractivity contribution in [3.8, 4) is 0 Å². The van der Waals surface area contributed by atoms with Gasteiger partial charge in [-0.15, -0.1) is 0 Å². The number of carbonyl (C=O) groups is 1. The monoisotopic (exact) mass is 319 g/mol. The van der Waals surface area contributed by atoms with Gasteiger partial charge in [-0.1, -0.05) is 0 Å². The first kappa shape index (κ1) is 14.9. The number of amides is 1. The van der Waals surface area contributed by atoms with Crippen LogP contribution >= 0.6 is 0 Å². The Balaban J connectivity index is 1.41. The van der Waals surface area contributed by atoms with Crippen molar-refractivity contribution in [3.63, 3.8) is 0 Å². The zero-order valence-corrected chi connectivity index (χ0v) is 14.2. The molecule has 126 valence electrons. The maximum absolute atomic E-state index is 12.3. The molecule has 3 fully saturated rings. The van der Waals surface area contributed by atoms with E-state index in [0.29, 0.717) is 18.0 Å². The van der Waals surface area contributed by atoms with Crippen LogP contribution < -0.4 is 5.32 Å². The molecule has 1 saturated carbocycles. The number of hydrogen-bond acceptors (Lipinski definition) is 5. The van der Waals surface area contributed by atoms with Gasteiger partial charge in [-0.25, -0.2) is 14.5 Å². The van der Waals surface area contributed by atoms with E-state index >= 15 is 0 Å². The lowest BCUT2D eigenvalue weighted by molar-refractivity contribution is 0.0219. The lowest BCUT2D eigenvalue weighted by atomic mass is 9.79. The van der Waals surface area contributed by atoms with Gasteiger partial charge in [0.15, 0.2) is 0 Å². The number of fused-ring (bicyclic) bond motifs is 2. The fraction of sp³-hybridized carbons (Fsp3) is 0.812. The van der Waals surface area contributed by atoms with Crippen molar-refractivity contribution in [2.45, 2.75) is 70.3 Å². The Morgan fingerprint density at radius 3 is 2.91 bits per heavy atom. The Hall–Kier alpha value is -1.63. The number of ether oxygens (including phenoxy) is 1. The highest BCUT2D eigenvalue weighted by Gasteiger charge is 2.55. The van der Waals surface area contributed by atoms with E-state index in [-0.39, 0.29) is 18.2 Å². The molecule has 3 aliphatic heterocycles. The number of nitrogens with zero attached hydrogens (tertiary/aromatic N) is 4. The van der Waals surface area contributed by atoms with Gasteiger partial charge in [0.1, 0.15) is 17.8 Å². The zero-order chi connectivity index (χ0) is 16.4. The van der Waals surface area contributed by atoms with Crippen molar-refractivity contribution >= 4 is 6.09 Å². The summed E-state index contributed by atoms with van der Waals surface area (Å²) in [6.07, 6.45) is 3.53. The normalized spacial score (nSPS) is 35.1. The minimum atomic E-state index is -0.440.